The predicted molar refractivity (Wildman–Crippen MR) is 145 cm³/mol. The van der Waals surface area contributed by atoms with E-state index in [1.165, 1.54) is 26.4 Å². The highest BCUT2D eigenvalue weighted by Crippen LogP contribution is 2.31. The number of ether oxygens (including phenoxy) is 2. The van der Waals surface area contributed by atoms with Gasteiger partial charge in [0.2, 0.25) is 10.0 Å². The topological polar surface area (TPSA) is 164 Å². The highest BCUT2D eigenvalue weighted by Gasteiger charge is 2.28. The molecule has 12 heteroatoms. The van der Waals surface area contributed by atoms with Crippen molar-refractivity contribution in [3.63, 3.8) is 0 Å². The van der Waals surface area contributed by atoms with E-state index in [4.69, 9.17) is 20.3 Å². The van der Waals surface area contributed by atoms with E-state index in [9.17, 15) is 13.2 Å². The summed E-state index contributed by atoms with van der Waals surface area (Å²) in [6.45, 7) is -0.485. The number of rotatable bonds is 10. The van der Waals surface area contributed by atoms with Crippen molar-refractivity contribution >= 4 is 38.7 Å². The maximum Gasteiger partial charge on any atom is 0.242 e. The molecule has 1 aliphatic heterocycles. The van der Waals surface area contributed by atoms with E-state index >= 15 is 0 Å². The van der Waals surface area contributed by atoms with Crippen molar-refractivity contribution in [2.45, 2.75) is 23.5 Å². The number of aliphatic imine (C=N–C) groups is 1. The molecular weight excluding hydrogens is 510 g/mol. The molecular formula is C26H29N5O6S. The van der Waals surface area contributed by atoms with Gasteiger partial charge >= 0.3 is 0 Å². The number of aliphatic hydroxyl groups excluding tert-OH is 1. The molecule has 4 rings (SSSR count). The van der Waals surface area contributed by atoms with Crippen LogP contribution >= 0.6 is 0 Å². The van der Waals surface area contributed by atoms with E-state index in [0.29, 0.717) is 40.0 Å². The van der Waals surface area contributed by atoms with Crippen molar-refractivity contribution in [3.8, 4) is 11.5 Å². The van der Waals surface area contributed by atoms with Crippen LogP contribution in [0.1, 0.15) is 5.56 Å². The fraction of sp³-hybridized carbons (Fsp3) is 0.231. The zero-order valence-electron chi connectivity index (χ0n) is 20.8. The summed E-state index contributed by atoms with van der Waals surface area (Å²) >= 11 is 0. The molecule has 3 aromatic rings. The van der Waals surface area contributed by atoms with Crippen molar-refractivity contribution < 1.29 is 27.8 Å². The first-order valence-electron chi connectivity index (χ1n) is 11.7. The number of methoxy groups -OCH3 is 2. The molecule has 0 radical (unpaired) electrons. The number of amidine groups is 1. The first-order valence-corrected chi connectivity index (χ1v) is 13.2. The van der Waals surface area contributed by atoms with Crippen LogP contribution in [-0.2, 0) is 21.2 Å². The van der Waals surface area contributed by atoms with E-state index < -0.39 is 34.6 Å². The normalized spacial score (nSPS) is 15.5. The minimum atomic E-state index is -4.07. The van der Waals surface area contributed by atoms with E-state index in [2.05, 4.69) is 20.3 Å². The Morgan fingerprint density at radius 2 is 1.79 bits per heavy atom. The van der Waals surface area contributed by atoms with E-state index in [0.717, 1.165) is 0 Å². The summed E-state index contributed by atoms with van der Waals surface area (Å²) in [5.74, 6) is 0.984. The Labute approximate surface area is 220 Å². The lowest BCUT2D eigenvalue weighted by Gasteiger charge is -2.28. The average molecular weight is 540 g/mol. The van der Waals surface area contributed by atoms with Crippen LogP contribution in [-0.4, -0.2) is 58.2 Å². The fourth-order valence-electron chi connectivity index (χ4n) is 3.80. The second-order valence-corrected chi connectivity index (χ2v) is 10.2. The molecule has 0 fully saturated rings. The Bertz CT molecular complexity index is 1440. The smallest absolute Gasteiger partial charge is 0.242 e. The molecule has 0 amide bonds. The Balaban J connectivity index is 1.63. The number of nitrogens with zero attached hydrogens (tertiary/aromatic N) is 1. The number of Topliss-reactive ketones (excluding diaryl/α,β-unsaturated/α-hetero) is 1. The number of carbonyl (C=O) groups excluding carboxylic acids is 1. The van der Waals surface area contributed by atoms with Crippen LogP contribution < -0.4 is 30.6 Å². The lowest BCUT2D eigenvalue weighted by Crippen LogP contribution is -2.50. The van der Waals surface area contributed by atoms with Gasteiger partial charge in [0.15, 0.2) is 5.78 Å². The summed E-state index contributed by atoms with van der Waals surface area (Å²) in [7, 11) is -1.01. The summed E-state index contributed by atoms with van der Waals surface area (Å²) in [6.07, 6.45) is -1.06. The number of anilines is 2. The van der Waals surface area contributed by atoms with Gasteiger partial charge in [-0.15, -0.1) is 0 Å². The van der Waals surface area contributed by atoms with E-state index in [1.54, 1.807) is 42.5 Å². The third-order valence-corrected chi connectivity index (χ3v) is 7.23. The molecule has 0 saturated carbocycles. The number of carbonyl (C=O) groups is 1. The zero-order chi connectivity index (χ0) is 27.3. The van der Waals surface area contributed by atoms with E-state index in [-0.39, 0.29) is 11.3 Å². The standard InChI is InChI=1S/C26H29N5O6S/c1-36-18-12-17(13-19(14-18)37-2)28-25-26(30-23-9-4-3-8-22(23)29-25)31-38(34,35)20-7-5-6-16(10-20)11-24(33)21(27)15-32/h3-10,12-14,21,26,30-32H,11,15,27H2,1-2H3,(H,28,29)/t21-,26?/m1/s1. The number of nitrogens with two attached hydrogens (primary N) is 1. The summed E-state index contributed by atoms with van der Waals surface area (Å²) in [4.78, 5) is 16.8. The number of para-hydroxylation sites is 2. The number of ketones is 1. The number of fused-ring (bicyclic) bond motifs is 1. The van der Waals surface area contributed by atoms with Gasteiger partial charge in [0.05, 0.1) is 43.1 Å². The van der Waals surface area contributed by atoms with Crippen molar-refractivity contribution in [1.29, 1.82) is 0 Å². The Morgan fingerprint density at radius 1 is 1.08 bits per heavy atom. The molecule has 0 aliphatic carbocycles. The average Bonchev–Trinajstić information content (AvgIpc) is 2.92. The zero-order valence-corrected chi connectivity index (χ0v) is 21.7. The molecule has 1 aliphatic rings. The van der Waals surface area contributed by atoms with Crippen LogP contribution in [0.2, 0.25) is 0 Å². The second kappa shape index (κ2) is 11.6. The Morgan fingerprint density at radius 3 is 2.47 bits per heavy atom. The molecule has 0 spiro atoms. The summed E-state index contributed by atoms with van der Waals surface area (Å²) in [6, 6.07) is 17.4. The number of benzene rings is 3. The lowest BCUT2D eigenvalue weighted by atomic mass is 10.1. The third-order valence-electron chi connectivity index (χ3n) is 5.81. The summed E-state index contributed by atoms with van der Waals surface area (Å²) in [5, 5.41) is 15.5. The SMILES string of the molecule is COc1cc(NC2=Nc3ccccc3NC2NS(=O)(=O)c2cccc(CC(=O)[C@H](N)CO)c2)cc(OC)c1. The maximum atomic E-state index is 13.4. The second-order valence-electron chi connectivity index (χ2n) is 8.52. The molecule has 6 N–H and O–H groups in total. The van der Waals surface area contributed by atoms with Crippen LogP contribution in [0.15, 0.2) is 76.6 Å². The number of hydrogen-bond donors (Lipinski definition) is 5. The van der Waals surface area contributed by atoms with Gasteiger partial charge < -0.3 is 30.9 Å². The third kappa shape index (κ3) is 6.29. The molecule has 0 saturated heterocycles. The molecule has 0 bridgehead atoms. The van der Waals surface area contributed by atoms with Crippen LogP contribution in [0.4, 0.5) is 17.1 Å². The van der Waals surface area contributed by atoms with Crippen molar-refractivity contribution in [2.75, 3.05) is 31.5 Å². The van der Waals surface area contributed by atoms with Gasteiger partial charge in [-0.2, -0.15) is 4.72 Å². The molecule has 200 valence electrons. The van der Waals surface area contributed by atoms with Crippen LogP contribution in [0.3, 0.4) is 0 Å². The van der Waals surface area contributed by atoms with E-state index in [1.807, 2.05) is 12.1 Å². The molecule has 3 aromatic carbocycles. The summed E-state index contributed by atoms with van der Waals surface area (Å²) < 4.78 is 40.2. The number of nitrogens with one attached hydrogen (secondary N) is 3. The molecule has 1 heterocycles. The minimum absolute atomic E-state index is 0.0385. The van der Waals surface area contributed by atoms with Crippen LogP contribution in [0, 0.1) is 0 Å². The van der Waals surface area contributed by atoms with Gasteiger partial charge in [0, 0.05) is 30.3 Å². The van der Waals surface area contributed by atoms with Gasteiger partial charge in [0.1, 0.15) is 23.5 Å². The number of sulfonamides is 1. The predicted octanol–water partition coefficient (Wildman–Crippen LogP) is 2.01. The maximum absolute atomic E-state index is 13.4. The lowest BCUT2D eigenvalue weighted by molar-refractivity contribution is -0.120. The summed E-state index contributed by atoms with van der Waals surface area (Å²) in [5.41, 5.74) is 7.89. The molecule has 38 heavy (non-hydrogen) atoms. The number of aliphatic hydroxyl groups is 1. The molecule has 2 atom stereocenters. The fourth-order valence-corrected chi connectivity index (χ4v) is 4.99. The first kappa shape index (κ1) is 27.1. The largest absolute Gasteiger partial charge is 0.497 e. The molecule has 0 aromatic heterocycles. The number of hydrogen-bond acceptors (Lipinski definition) is 10. The monoisotopic (exact) mass is 539 g/mol. The van der Waals surface area contributed by atoms with Crippen molar-refractivity contribution in [2.24, 2.45) is 10.7 Å². The Kier molecular flexibility index (Phi) is 8.27. The van der Waals surface area contributed by atoms with Crippen LogP contribution in [0.25, 0.3) is 0 Å². The van der Waals surface area contributed by atoms with Crippen LogP contribution in [0.5, 0.6) is 11.5 Å². The van der Waals surface area contributed by atoms with Gasteiger partial charge in [-0.3, -0.25) is 4.79 Å². The van der Waals surface area contributed by atoms with Crippen molar-refractivity contribution in [3.05, 3.63) is 72.3 Å². The van der Waals surface area contributed by atoms with Crippen molar-refractivity contribution in [1.82, 2.24) is 4.72 Å². The quantitative estimate of drug-likeness (QED) is 0.259. The van der Waals surface area contributed by atoms with Gasteiger partial charge in [-0.25, -0.2) is 13.4 Å². The van der Waals surface area contributed by atoms with Gasteiger partial charge in [-0.1, -0.05) is 24.3 Å². The minimum Gasteiger partial charge on any atom is -0.497 e. The van der Waals surface area contributed by atoms with Gasteiger partial charge in [-0.05, 0) is 29.8 Å². The first-order chi connectivity index (χ1) is 18.2. The van der Waals surface area contributed by atoms with Gasteiger partial charge in [0.25, 0.3) is 0 Å². The highest BCUT2D eigenvalue weighted by molar-refractivity contribution is 7.89. The Hall–Kier alpha value is -3.97. The highest BCUT2D eigenvalue weighted by atomic mass is 32.2. The molecule has 1 unspecified atom stereocenters. The molecule has 11 nitrogen and oxygen atoms in total.